The number of halogens is 7. The molecular formula is C48H42Cl5F2N4O8P. The molecule has 0 saturated carbocycles. The lowest BCUT2D eigenvalue weighted by molar-refractivity contribution is -0.154. The largest absolute Gasteiger partial charge is 0.496 e. The van der Waals surface area contributed by atoms with Gasteiger partial charge in [-0.1, -0.05) is 71.7 Å². The van der Waals surface area contributed by atoms with Crippen LogP contribution in [0.15, 0.2) is 116 Å². The molecule has 0 spiro atoms. The van der Waals surface area contributed by atoms with Crippen LogP contribution < -0.4 is 14.8 Å². The van der Waals surface area contributed by atoms with Gasteiger partial charge in [0, 0.05) is 35.3 Å². The van der Waals surface area contributed by atoms with Crippen LogP contribution >= 0.6 is 62.1 Å². The van der Waals surface area contributed by atoms with Crippen LogP contribution in [0.25, 0.3) is 27.8 Å². The molecule has 0 bridgehead atoms. The van der Waals surface area contributed by atoms with Gasteiger partial charge in [0.05, 0.1) is 62.5 Å². The average molecular weight is 1050 g/mol. The molecule has 1 amide bonds. The number of hydrogen-bond donors (Lipinski definition) is 1. The van der Waals surface area contributed by atoms with Gasteiger partial charge in [0.1, 0.15) is 23.1 Å². The van der Waals surface area contributed by atoms with Crippen molar-refractivity contribution < 1.29 is 46.7 Å². The first-order valence-electron chi connectivity index (χ1n) is 20.4. The van der Waals surface area contributed by atoms with Gasteiger partial charge in [-0.3, -0.25) is 18.7 Å². The van der Waals surface area contributed by atoms with Crippen LogP contribution in [-0.4, -0.2) is 59.6 Å². The van der Waals surface area contributed by atoms with E-state index in [4.69, 9.17) is 37.4 Å². The number of rotatable bonds is 13. The van der Waals surface area contributed by atoms with Crippen LogP contribution in [0.3, 0.4) is 0 Å². The molecule has 3 heterocycles. The lowest BCUT2D eigenvalue weighted by Gasteiger charge is -2.14. The number of benzene rings is 4. The normalized spacial score (nSPS) is 10.8. The Kier molecular flexibility index (Phi) is 19.6. The Hall–Kier alpha value is -5.73. The highest BCUT2D eigenvalue weighted by Crippen LogP contribution is 2.61. The maximum absolute atomic E-state index is 15.6. The van der Waals surface area contributed by atoms with Crippen molar-refractivity contribution in [2.24, 2.45) is 0 Å². The van der Waals surface area contributed by atoms with Crippen molar-refractivity contribution in [1.82, 2.24) is 19.7 Å². The molecule has 0 saturated heterocycles. The zero-order valence-corrected chi connectivity index (χ0v) is 41.4. The highest BCUT2D eigenvalue weighted by molar-refractivity contribution is 8.24. The quantitative estimate of drug-likeness (QED) is 0.0672. The zero-order valence-electron chi connectivity index (χ0n) is 36.7. The van der Waals surface area contributed by atoms with E-state index in [1.165, 1.54) is 14.2 Å². The Bertz CT molecular complexity index is 2950. The molecule has 0 aliphatic carbocycles. The molecule has 0 unspecified atom stereocenters. The third-order valence-electron chi connectivity index (χ3n) is 9.65. The summed E-state index contributed by atoms with van der Waals surface area (Å²) in [5, 5.41) is 0.241. The maximum Gasteiger partial charge on any atom is 0.396 e. The number of esters is 2. The molecule has 0 aliphatic rings. The Balaban J connectivity index is 0.000000231. The summed E-state index contributed by atoms with van der Waals surface area (Å²) < 4.78 is 62.6. The van der Waals surface area contributed by atoms with Gasteiger partial charge in [-0.2, -0.15) is 0 Å². The summed E-state index contributed by atoms with van der Waals surface area (Å²) in [6.45, 7) is 3.82. The van der Waals surface area contributed by atoms with Crippen molar-refractivity contribution in [3.63, 3.8) is 0 Å². The van der Waals surface area contributed by atoms with Gasteiger partial charge in [-0.15, -0.1) is 0 Å². The molecule has 0 radical (unpaired) electrons. The van der Waals surface area contributed by atoms with Gasteiger partial charge in [-0.25, -0.2) is 23.4 Å². The SMILES string of the molecule is CCOC(=O)C(=O)NCc1ccc(Cc2ccc(OC)c(-c3cccc(Cl)c3)c2F)cn1.CCOC(=O)c1ncc2ccc(Cc3ccc(OC)c(-c4cccc(Cl)c4)c3F)cn12.O=P(Cl)(Cl)Cl. The van der Waals surface area contributed by atoms with Gasteiger partial charge in [0.15, 0.2) is 0 Å². The fraction of sp³-hybridized carbons (Fsp3) is 0.188. The number of hydrogen-bond acceptors (Lipinski definition) is 10. The Morgan fingerprint density at radius 3 is 1.71 bits per heavy atom. The van der Waals surface area contributed by atoms with Gasteiger partial charge >= 0.3 is 23.0 Å². The number of nitrogens with zero attached hydrogens (tertiary/aromatic N) is 3. The monoisotopic (exact) mass is 1050 g/mol. The van der Waals surface area contributed by atoms with Crippen LogP contribution in [-0.2, 0) is 43.0 Å². The fourth-order valence-corrected chi connectivity index (χ4v) is 7.05. The van der Waals surface area contributed by atoms with E-state index in [1.54, 1.807) is 122 Å². The predicted molar refractivity (Wildman–Crippen MR) is 261 cm³/mol. The fourth-order valence-electron chi connectivity index (χ4n) is 6.67. The second kappa shape index (κ2) is 25.0. The molecule has 356 valence electrons. The molecule has 7 rings (SSSR count). The van der Waals surface area contributed by atoms with Gasteiger partial charge in [0.25, 0.3) is 0 Å². The van der Waals surface area contributed by atoms with E-state index in [0.29, 0.717) is 73.5 Å². The lowest BCUT2D eigenvalue weighted by Crippen LogP contribution is -2.32. The van der Waals surface area contributed by atoms with Crippen LogP contribution in [0.5, 0.6) is 11.5 Å². The van der Waals surface area contributed by atoms with Crippen molar-refractivity contribution >= 4 is 85.5 Å². The molecule has 4 aromatic carbocycles. The first-order valence-corrected chi connectivity index (χ1v) is 25.6. The van der Waals surface area contributed by atoms with Crippen molar-refractivity contribution in [1.29, 1.82) is 0 Å². The minimum absolute atomic E-state index is 0.0771. The summed E-state index contributed by atoms with van der Waals surface area (Å²) >= 11 is 26.0. The van der Waals surface area contributed by atoms with Crippen LogP contribution in [0.2, 0.25) is 10.0 Å². The summed E-state index contributed by atoms with van der Waals surface area (Å²) in [6.07, 6.45) is 5.61. The summed E-state index contributed by atoms with van der Waals surface area (Å²) in [7, 11) is 3.00. The maximum atomic E-state index is 15.6. The van der Waals surface area contributed by atoms with Crippen LogP contribution in [0.4, 0.5) is 8.78 Å². The number of nitrogens with one attached hydrogen (secondary N) is 1. The molecule has 68 heavy (non-hydrogen) atoms. The molecule has 7 aromatic rings. The van der Waals surface area contributed by atoms with Crippen molar-refractivity contribution in [2.75, 3.05) is 27.4 Å². The number of fused-ring (bicyclic) bond motifs is 1. The zero-order chi connectivity index (χ0) is 49.5. The second-order valence-electron chi connectivity index (χ2n) is 14.2. The smallest absolute Gasteiger partial charge is 0.396 e. The second-order valence-corrected chi connectivity index (χ2v) is 21.7. The van der Waals surface area contributed by atoms with Gasteiger partial charge in [0.2, 0.25) is 5.82 Å². The third-order valence-corrected chi connectivity index (χ3v) is 10.1. The average Bonchev–Trinajstić information content (AvgIpc) is 3.73. The molecule has 20 heteroatoms. The summed E-state index contributed by atoms with van der Waals surface area (Å²) in [6, 6.07) is 28.0. The Morgan fingerprint density at radius 1 is 0.691 bits per heavy atom. The third kappa shape index (κ3) is 14.9. The number of carbonyl (C=O) groups excluding carboxylic acids is 3. The minimum atomic E-state index is -3.22. The molecule has 12 nitrogen and oxygen atoms in total. The number of methoxy groups -OCH3 is 2. The first-order chi connectivity index (χ1) is 32.4. The molecule has 0 aliphatic heterocycles. The topological polar surface area (TPSA) is 147 Å². The highest BCUT2D eigenvalue weighted by Gasteiger charge is 2.20. The predicted octanol–water partition coefficient (Wildman–Crippen LogP) is 12.7. The number of ether oxygens (including phenoxy) is 4. The van der Waals surface area contributed by atoms with E-state index in [2.05, 4.69) is 53.7 Å². The van der Waals surface area contributed by atoms with E-state index < -0.39 is 28.9 Å². The molecular weight excluding hydrogens is 1010 g/mol. The standard InChI is InChI=1S/C24H22ClFN2O4.C24H20ClFN2O3.Cl3OP/c1-3-32-24(30)23(29)28-14-19-9-7-15(13-27-19)11-17-8-10-20(31-2)21(22(17)26)16-5-4-6-18(25)12-16;1-3-31-24(29)23-27-13-19-9-7-15(14-28(19)23)11-17-8-10-20(30-2)21(22(17)26)16-5-4-6-18(25)12-16;1-5(2,3)4/h4-10,12-13H,3,11,14H2,1-2H3,(H,28,29);4-10,12-14H,3,11H2,1-2H3;. The van der Waals surface area contributed by atoms with Crippen LogP contribution in [0.1, 0.15) is 52.4 Å². The highest BCUT2D eigenvalue weighted by atomic mass is 36.0. The van der Waals surface area contributed by atoms with Crippen LogP contribution in [0, 0.1) is 11.6 Å². The number of carbonyl (C=O) groups is 3. The van der Waals surface area contributed by atoms with E-state index >= 15 is 8.78 Å². The number of pyridine rings is 2. The molecule has 3 aromatic heterocycles. The van der Waals surface area contributed by atoms with E-state index in [0.717, 1.165) is 16.6 Å². The van der Waals surface area contributed by atoms with Gasteiger partial charge < -0.3 is 24.3 Å². The van der Waals surface area contributed by atoms with Crippen molar-refractivity contribution in [3.05, 3.63) is 171 Å². The number of aromatic nitrogens is 3. The molecule has 1 N–H and O–H groups in total. The minimum Gasteiger partial charge on any atom is -0.496 e. The molecule has 0 fully saturated rings. The molecule has 0 atom stereocenters. The Morgan fingerprint density at radius 2 is 1.22 bits per heavy atom. The van der Waals surface area contributed by atoms with E-state index in [9.17, 15) is 18.9 Å². The summed E-state index contributed by atoms with van der Waals surface area (Å²) in [4.78, 5) is 43.5. The summed E-state index contributed by atoms with van der Waals surface area (Å²) in [5.41, 5.74) is 5.85. The Labute approximate surface area is 415 Å². The number of amides is 1. The van der Waals surface area contributed by atoms with E-state index in [-0.39, 0.29) is 31.4 Å². The number of imidazole rings is 1. The van der Waals surface area contributed by atoms with Gasteiger partial charge in [-0.05, 0) is 129 Å². The lowest BCUT2D eigenvalue weighted by atomic mass is 9.97. The first kappa shape index (κ1) is 53.2. The summed E-state index contributed by atoms with van der Waals surface area (Å²) in [5.74, 6) is -2.00. The van der Waals surface area contributed by atoms with Crippen molar-refractivity contribution in [3.8, 4) is 33.8 Å². The van der Waals surface area contributed by atoms with Crippen molar-refractivity contribution in [2.45, 2.75) is 33.2 Å². The van der Waals surface area contributed by atoms with E-state index in [1.807, 2.05) is 12.1 Å².